The smallest absolute Gasteiger partial charge is 0.338 e. The molecule has 0 aliphatic heterocycles. The Kier molecular flexibility index (Phi) is 3.65. The van der Waals surface area contributed by atoms with Gasteiger partial charge in [-0.2, -0.15) is 5.10 Å². The highest BCUT2D eigenvalue weighted by Gasteiger charge is 2.16. The minimum Gasteiger partial charge on any atom is -0.478 e. The summed E-state index contributed by atoms with van der Waals surface area (Å²) in [4.78, 5) is 21.2. The predicted molar refractivity (Wildman–Crippen MR) is 71.2 cm³/mol. The summed E-state index contributed by atoms with van der Waals surface area (Å²) >= 11 is 0. The molecule has 0 saturated heterocycles. The van der Waals surface area contributed by atoms with Crippen molar-refractivity contribution < 1.29 is 14.8 Å². The van der Waals surface area contributed by atoms with Crippen LogP contribution >= 0.6 is 0 Å². The van der Waals surface area contributed by atoms with Crippen molar-refractivity contribution in [2.24, 2.45) is 0 Å². The third kappa shape index (κ3) is 2.58. The number of nitrogens with zero attached hydrogens (tertiary/aromatic N) is 3. The van der Waals surface area contributed by atoms with Crippen LogP contribution in [0.3, 0.4) is 0 Å². The van der Waals surface area contributed by atoms with Gasteiger partial charge in [0.25, 0.3) is 5.69 Å². The molecule has 1 heterocycles. The van der Waals surface area contributed by atoms with Crippen molar-refractivity contribution in [2.45, 2.75) is 13.5 Å². The van der Waals surface area contributed by atoms with E-state index in [0.29, 0.717) is 12.4 Å². The summed E-state index contributed by atoms with van der Waals surface area (Å²) in [7, 11) is 0. The zero-order chi connectivity index (χ0) is 14.7. The first-order chi connectivity index (χ1) is 9.52. The normalized spacial score (nSPS) is 10.2. The molecular weight excluding hydrogens is 264 g/mol. The molecule has 0 aliphatic rings. The molecule has 0 spiro atoms. The van der Waals surface area contributed by atoms with Crippen LogP contribution in [0, 0.1) is 10.1 Å². The lowest BCUT2D eigenvalue weighted by molar-refractivity contribution is -0.384. The number of aromatic nitrogens is 2. The van der Waals surface area contributed by atoms with E-state index >= 15 is 0 Å². The molecule has 2 aromatic rings. The third-order valence-corrected chi connectivity index (χ3v) is 2.72. The molecule has 1 aromatic carbocycles. The highest BCUT2D eigenvalue weighted by molar-refractivity contribution is 5.95. The molecule has 1 aromatic heterocycles. The Labute approximate surface area is 113 Å². The molecule has 2 N–H and O–H groups in total. The van der Waals surface area contributed by atoms with Gasteiger partial charge in [-0.25, -0.2) is 9.48 Å². The Hall–Kier alpha value is -2.90. The lowest BCUT2D eigenvalue weighted by Gasteiger charge is -2.10. The van der Waals surface area contributed by atoms with Crippen molar-refractivity contribution in [3.63, 3.8) is 0 Å². The highest BCUT2D eigenvalue weighted by Crippen LogP contribution is 2.25. The second-order valence-corrected chi connectivity index (χ2v) is 3.95. The number of aromatic carboxylic acids is 1. The number of anilines is 2. The maximum atomic E-state index is 11.2. The minimum atomic E-state index is -1.24. The van der Waals surface area contributed by atoms with Crippen LogP contribution in [-0.4, -0.2) is 25.8 Å². The lowest BCUT2D eigenvalue weighted by Crippen LogP contribution is -2.07. The molecule has 0 bridgehead atoms. The Morgan fingerprint density at radius 3 is 2.85 bits per heavy atom. The van der Waals surface area contributed by atoms with Crippen LogP contribution in [0.1, 0.15) is 17.3 Å². The molecule has 0 radical (unpaired) electrons. The van der Waals surface area contributed by atoms with Gasteiger partial charge in [0.1, 0.15) is 5.82 Å². The standard InChI is InChI=1S/C12H12N4O4/c1-2-15-11(5-6-13-15)14-10-4-3-8(16(19)20)7-9(10)12(17)18/h3-7,14H,2H2,1H3,(H,17,18). The van der Waals surface area contributed by atoms with Crippen molar-refractivity contribution in [2.75, 3.05) is 5.32 Å². The Morgan fingerprint density at radius 1 is 1.50 bits per heavy atom. The number of carboxylic acids is 1. The molecule has 0 amide bonds. The summed E-state index contributed by atoms with van der Waals surface area (Å²) in [6.07, 6.45) is 1.58. The summed E-state index contributed by atoms with van der Waals surface area (Å²) < 4.78 is 1.65. The second-order valence-electron chi connectivity index (χ2n) is 3.95. The fourth-order valence-corrected chi connectivity index (χ4v) is 1.76. The van der Waals surface area contributed by atoms with Crippen molar-refractivity contribution >= 4 is 23.2 Å². The first kappa shape index (κ1) is 13.5. The number of benzene rings is 1. The van der Waals surface area contributed by atoms with Crippen LogP contribution in [-0.2, 0) is 6.54 Å². The van der Waals surface area contributed by atoms with Crippen molar-refractivity contribution in [3.8, 4) is 0 Å². The molecule has 8 heteroatoms. The second kappa shape index (κ2) is 5.39. The minimum absolute atomic E-state index is 0.164. The molecule has 8 nitrogen and oxygen atoms in total. The van der Waals surface area contributed by atoms with Gasteiger partial charge in [-0.3, -0.25) is 10.1 Å². The molecule has 0 unspecified atom stereocenters. The first-order valence-electron chi connectivity index (χ1n) is 5.83. The maximum absolute atomic E-state index is 11.2. The summed E-state index contributed by atoms with van der Waals surface area (Å²) in [5, 5.41) is 26.8. The fraction of sp³-hybridized carbons (Fsp3) is 0.167. The lowest BCUT2D eigenvalue weighted by atomic mass is 10.1. The topological polar surface area (TPSA) is 110 Å². The van der Waals surface area contributed by atoms with Gasteiger partial charge in [-0.1, -0.05) is 0 Å². The Morgan fingerprint density at radius 2 is 2.25 bits per heavy atom. The summed E-state index contributed by atoms with van der Waals surface area (Å²) in [5.41, 5.74) is -0.154. The van der Waals surface area contributed by atoms with Crippen molar-refractivity contribution in [1.82, 2.24) is 9.78 Å². The van der Waals surface area contributed by atoms with Crippen LogP contribution in [0.15, 0.2) is 30.5 Å². The van der Waals surface area contributed by atoms with E-state index in [9.17, 15) is 14.9 Å². The number of hydrogen-bond donors (Lipinski definition) is 2. The molecule has 20 heavy (non-hydrogen) atoms. The average Bonchev–Trinajstić information content (AvgIpc) is 2.85. The number of rotatable bonds is 5. The van der Waals surface area contributed by atoms with Crippen molar-refractivity contribution in [3.05, 3.63) is 46.1 Å². The first-order valence-corrected chi connectivity index (χ1v) is 5.83. The molecule has 104 valence electrons. The van der Waals surface area contributed by atoms with E-state index in [1.54, 1.807) is 16.9 Å². The van der Waals surface area contributed by atoms with Gasteiger partial charge in [0.15, 0.2) is 0 Å². The number of carboxylic acid groups (broad SMARTS) is 1. The van der Waals surface area contributed by atoms with Crippen LogP contribution < -0.4 is 5.32 Å². The summed E-state index contributed by atoms with van der Waals surface area (Å²) in [6.45, 7) is 2.51. The highest BCUT2D eigenvalue weighted by atomic mass is 16.6. The number of carbonyl (C=O) groups is 1. The van der Waals surface area contributed by atoms with Crippen LogP contribution in [0.4, 0.5) is 17.2 Å². The summed E-state index contributed by atoms with van der Waals surface area (Å²) in [5.74, 6) is -0.623. The van der Waals surface area contributed by atoms with Gasteiger partial charge in [-0.15, -0.1) is 0 Å². The number of nitro benzene ring substituents is 1. The maximum Gasteiger partial charge on any atom is 0.338 e. The quantitative estimate of drug-likeness (QED) is 0.640. The average molecular weight is 276 g/mol. The van der Waals surface area contributed by atoms with E-state index in [1.165, 1.54) is 12.1 Å². The molecule has 0 saturated carbocycles. The van der Waals surface area contributed by atoms with E-state index in [0.717, 1.165) is 6.07 Å². The van der Waals surface area contributed by atoms with Crippen LogP contribution in [0.5, 0.6) is 0 Å². The Balaban J connectivity index is 2.41. The number of nitrogens with one attached hydrogen (secondary N) is 1. The Bertz CT molecular complexity index is 665. The fourth-order valence-electron chi connectivity index (χ4n) is 1.76. The van der Waals surface area contributed by atoms with Crippen LogP contribution in [0.2, 0.25) is 0 Å². The van der Waals surface area contributed by atoms with E-state index in [1.807, 2.05) is 6.92 Å². The molecule has 2 rings (SSSR count). The van der Waals surface area contributed by atoms with Gasteiger partial charge >= 0.3 is 5.97 Å². The van der Waals surface area contributed by atoms with E-state index in [-0.39, 0.29) is 16.9 Å². The van der Waals surface area contributed by atoms with Gasteiger partial charge in [0.2, 0.25) is 0 Å². The SMILES string of the molecule is CCn1nccc1Nc1ccc([N+](=O)[O-])cc1C(=O)O. The van der Waals surface area contributed by atoms with Gasteiger partial charge in [-0.05, 0) is 13.0 Å². The summed E-state index contributed by atoms with van der Waals surface area (Å²) in [6, 6.07) is 5.34. The third-order valence-electron chi connectivity index (χ3n) is 2.72. The predicted octanol–water partition coefficient (Wildman–Crippen LogP) is 2.25. The molecule has 0 fully saturated rings. The van der Waals surface area contributed by atoms with Gasteiger partial charge in [0.05, 0.1) is 22.4 Å². The van der Waals surface area contributed by atoms with Gasteiger partial charge < -0.3 is 10.4 Å². The number of non-ortho nitro benzene ring substituents is 1. The zero-order valence-corrected chi connectivity index (χ0v) is 10.6. The van der Waals surface area contributed by atoms with E-state index in [2.05, 4.69) is 10.4 Å². The zero-order valence-electron chi connectivity index (χ0n) is 10.6. The number of nitro groups is 1. The van der Waals surface area contributed by atoms with E-state index < -0.39 is 10.9 Å². The van der Waals surface area contributed by atoms with Gasteiger partial charge in [0, 0.05) is 24.7 Å². The van der Waals surface area contributed by atoms with Crippen LogP contribution in [0.25, 0.3) is 0 Å². The molecule has 0 atom stereocenters. The molecule has 0 aliphatic carbocycles. The number of hydrogen-bond acceptors (Lipinski definition) is 5. The van der Waals surface area contributed by atoms with Crippen molar-refractivity contribution in [1.29, 1.82) is 0 Å². The largest absolute Gasteiger partial charge is 0.478 e. The van der Waals surface area contributed by atoms with E-state index in [4.69, 9.17) is 5.11 Å². The molecular formula is C12H12N4O4. The number of aryl methyl sites for hydroxylation is 1. The monoisotopic (exact) mass is 276 g/mol.